The zero-order chi connectivity index (χ0) is 14.7. The van der Waals surface area contributed by atoms with Crippen LogP contribution in [0.3, 0.4) is 0 Å². The van der Waals surface area contributed by atoms with E-state index in [0.29, 0.717) is 11.3 Å². The lowest BCUT2D eigenvalue weighted by atomic mass is 10.1. The SMILES string of the molecule is COC1=CC=C/C(=C\Nc2cnn(C)c2C(N)=O)C1=O. The van der Waals surface area contributed by atoms with Crippen LogP contribution in [0.25, 0.3) is 0 Å². The van der Waals surface area contributed by atoms with Gasteiger partial charge in [-0.15, -0.1) is 0 Å². The third-order valence-corrected chi connectivity index (χ3v) is 2.78. The van der Waals surface area contributed by atoms with Crippen molar-refractivity contribution in [2.45, 2.75) is 0 Å². The van der Waals surface area contributed by atoms with Crippen molar-refractivity contribution in [3.05, 3.63) is 47.7 Å². The lowest BCUT2D eigenvalue weighted by Crippen LogP contribution is -2.17. The number of ether oxygens (including phenoxy) is 1. The number of anilines is 1. The van der Waals surface area contributed by atoms with Crippen LogP contribution in [0.2, 0.25) is 0 Å². The van der Waals surface area contributed by atoms with Crippen molar-refractivity contribution >= 4 is 17.4 Å². The van der Waals surface area contributed by atoms with Crippen LogP contribution in [0.4, 0.5) is 5.69 Å². The largest absolute Gasteiger partial charge is 0.493 e. The quantitative estimate of drug-likeness (QED) is 0.778. The first-order valence-electron chi connectivity index (χ1n) is 5.80. The van der Waals surface area contributed by atoms with Crippen LogP contribution in [0, 0.1) is 0 Å². The molecule has 0 bridgehead atoms. The number of aryl methyl sites for hydroxylation is 1. The Kier molecular flexibility index (Phi) is 3.69. The number of carbonyl (C=O) groups is 2. The van der Waals surface area contributed by atoms with Gasteiger partial charge in [-0.05, 0) is 12.2 Å². The summed E-state index contributed by atoms with van der Waals surface area (Å²) in [6.45, 7) is 0. The summed E-state index contributed by atoms with van der Waals surface area (Å²) in [4.78, 5) is 23.2. The number of ketones is 1. The normalized spacial score (nSPS) is 16.2. The second-order valence-corrected chi connectivity index (χ2v) is 4.06. The van der Waals surface area contributed by atoms with Gasteiger partial charge in [-0.1, -0.05) is 6.08 Å². The number of methoxy groups -OCH3 is 1. The van der Waals surface area contributed by atoms with Crippen LogP contribution in [0.15, 0.2) is 42.0 Å². The minimum absolute atomic E-state index is 0.233. The van der Waals surface area contributed by atoms with Crippen molar-refractivity contribution in [2.75, 3.05) is 12.4 Å². The highest BCUT2D eigenvalue weighted by Crippen LogP contribution is 2.17. The summed E-state index contributed by atoms with van der Waals surface area (Å²) in [5, 5.41) is 6.80. The maximum atomic E-state index is 11.9. The Balaban J connectivity index is 2.23. The van der Waals surface area contributed by atoms with Gasteiger partial charge >= 0.3 is 0 Å². The third kappa shape index (κ3) is 2.46. The molecular formula is C13H14N4O3. The van der Waals surface area contributed by atoms with Crippen LogP contribution in [-0.4, -0.2) is 28.6 Å². The standard InChI is InChI=1S/C13H14N4O3/c1-17-11(13(14)19)9(7-16-17)15-6-8-4-3-5-10(20-2)12(8)18/h3-7,15H,1-2H3,(H2,14,19)/b8-6+. The van der Waals surface area contributed by atoms with E-state index in [2.05, 4.69) is 10.4 Å². The van der Waals surface area contributed by atoms with Crippen molar-refractivity contribution in [1.29, 1.82) is 0 Å². The highest BCUT2D eigenvalue weighted by molar-refractivity contribution is 6.10. The number of Topliss-reactive ketones (excluding diaryl/α,β-unsaturated/α-hetero) is 1. The maximum absolute atomic E-state index is 11.9. The van der Waals surface area contributed by atoms with E-state index in [0.717, 1.165) is 0 Å². The van der Waals surface area contributed by atoms with E-state index in [4.69, 9.17) is 10.5 Å². The molecule has 104 valence electrons. The van der Waals surface area contributed by atoms with Gasteiger partial charge in [-0.2, -0.15) is 5.10 Å². The lowest BCUT2D eigenvalue weighted by molar-refractivity contribution is -0.114. The molecule has 7 nitrogen and oxygen atoms in total. The van der Waals surface area contributed by atoms with E-state index >= 15 is 0 Å². The van der Waals surface area contributed by atoms with Gasteiger partial charge < -0.3 is 15.8 Å². The molecule has 1 amide bonds. The molecule has 1 aromatic heterocycles. The first-order chi connectivity index (χ1) is 9.54. The molecule has 7 heteroatoms. The van der Waals surface area contributed by atoms with Gasteiger partial charge in [0.1, 0.15) is 5.69 Å². The molecule has 0 aromatic carbocycles. The number of hydrogen-bond donors (Lipinski definition) is 2. The Labute approximate surface area is 115 Å². The predicted octanol–water partition coefficient (Wildman–Crippen LogP) is 0.484. The average molecular weight is 274 g/mol. The summed E-state index contributed by atoms with van der Waals surface area (Å²) in [7, 11) is 3.04. The summed E-state index contributed by atoms with van der Waals surface area (Å²) >= 11 is 0. The van der Waals surface area contributed by atoms with Crippen LogP contribution < -0.4 is 11.1 Å². The minimum atomic E-state index is -0.603. The first-order valence-corrected chi connectivity index (χ1v) is 5.80. The van der Waals surface area contributed by atoms with Gasteiger partial charge in [0, 0.05) is 18.8 Å². The second kappa shape index (κ2) is 5.43. The van der Waals surface area contributed by atoms with E-state index in [1.54, 1.807) is 25.3 Å². The topological polar surface area (TPSA) is 99.2 Å². The molecule has 0 radical (unpaired) electrons. The van der Waals surface area contributed by atoms with Gasteiger partial charge in [-0.25, -0.2) is 0 Å². The number of rotatable bonds is 4. The monoisotopic (exact) mass is 274 g/mol. The number of aromatic nitrogens is 2. The zero-order valence-electron chi connectivity index (χ0n) is 11.1. The van der Waals surface area contributed by atoms with Crippen molar-refractivity contribution in [1.82, 2.24) is 9.78 Å². The smallest absolute Gasteiger partial charge is 0.269 e. The third-order valence-electron chi connectivity index (χ3n) is 2.78. The van der Waals surface area contributed by atoms with Gasteiger partial charge in [0.05, 0.1) is 19.0 Å². The Morgan fingerprint density at radius 1 is 1.55 bits per heavy atom. The molecule has 3 N–H and O–H groups in total. The van der Waals surface area contributed by atoms with Gasteiger partial charge in [0.15, 0.2) is 5.76 Å². The molecule has 0 atom stereocenters. The number of primary amides is 1. The highest BCUT2D eigenvalue weighted by atomic mass is 16.5. The number of nitrogens with one attached hydrogen (secondary N) is 1. The highest BCUT2D eigenvalue weighted by Gasteiger charge is 2.17. The molecule has 0 spiro atoms. The van der Waals surface area contributed by atoms with E-state index in [9.17, 15) is 9.59 Å². The Morgan fingerprint density at radius 3 is 2.95 bits per heavy atom. The molecule has 1 heterocycles. The molecule has 1 aliphatic rings. The summed E-state index contributed by atoms with van der Waals surface area (Å²) in [5.74, 6) is -0.595. The Hall–Kier alpha value is -2.83. The zero-order valence-corrected chi connectivity index (χ0v) is 11.1. The van der Waals surface area contributed by atoms with Gasteiger partial charge in [0.2, 0.25) is 5.78 Å². The van der Waals surface area contributed by atoms with Crippen molar-refractivity contribution in [2.24, 2.45) is 12.8 Å². The van der Waals surface area contributed by atoms with Gasteiger partial charge in [0.25, 0.3) is 5.91 Å². The fourth-order valence-electron chi connectivity index (χ4n) is 1.80. The van der Waals surface area contributed by atoms with Gasteiger partial charge in [-0.3, -0.25) is 14.3 Å². The number of carbonyl (C=O) groups excluding carboxylic acids is 2. The van der Waals surface area contributed by atoms with Crippen molar-refractivity contribution < 1.29 is 14.3 Å². The first kappa shape index (κ1) is 13.6. The molecule has 0 aliphatic heterocycles. The minimum Gasteiger partial charge on any atom is -0.493 e. The number of nitrogens with two attached hydrogens (primary N) is 1. The molecule has 2 rings (SSSR count). The fraction of sp³-hybridized carbons (Fsp3) is 0.154. The van der Waals surface area contributed by atoms with Crippen LogP contribution in [0.1, 0.15) is 10.5 Å². The lowest BCUT2D eigenvalue weighted by Gasteiger charge is -2.09. The van der Waals surface area contributed by atoms with Crippen LogP contribution in [-0.2, 0) is 16.6 Å². The molecule has 1 aromatic rings. The van der Waals surface area contributed by atoms with E-state index < -0.39 is 5.91 Å². The Morgan fingerprint density at radius 2 is 2.30 bits per heavy atom. The summed E-state index contributed by atoms with van der Waals surface area (Å²) in [6.07, 6.45) is 7.86. The molecule has 1 aliphatic carbocycles. The fourth-order valence-corrected chi connectivity index (χ4v) is 1.80. The molecule has 0 saturated carbocycles. The second-order valence-electron chi connectivity index (χ2n) is 4.06. The molecule has 0 unspecified atom stereocenters. The predicted molar refractivity (Wildman–Crippen MR) is 72.7 cm³/mol. The van der Waals surface area contributed by atoms with E-state index in [-0.39, 0.29) is 17.2 Å². The number of hydrogen-bond acceptors (Lipinski definition) is 5. The molecule has 0 saturated heterocycles. The maximum Gasteiger partial charge on any atom is 0.269 e. The summed E-state index contributed by atoms with van der Waals surface area (Å²) in [6, 6.07) is 0. The number of nitrogens with zero attached hydrogens (tertiary/aromatic N) is 2. The van der Waals surface area contributed by atoms with Crippen molar-refractivity contribution in [3.8, 4) is 0 Å². The van der Waals surface area contributed by atoms with E-state index in [1.165, 1.54) is 24.2 Å². The number of amides is 1. The average Bonchev–Trinajstić information content (AvgIpc) is 2.79. The van der Waals surface area contributed by atoms with Crippen LogP contribution in [0.5, 0.6) is 0 Å². The molecular weight excluding hydrogens is 260 g/mol. The van der Waals surface area contributed by atoms with E-state index in [1.807, 2.05) is 0 Å². The number of allylic oxidation sites excluding steroid dienone is 4. The van der Waals surface area contributed by atoms with Crippen molar-refractivity contribution in [3.63, 3.8) is 0 Å². The molecule has 0 fully saturated rings. The summed E-state index contributed by atoms with van der Waals surface area (Å²) < 4.78 is 6.32. The van der Waals surface area contributed by atoms with Crippen LogP contribution >= 0.6 is 0 Å². The summed E-state index contributed by atoms with van der Waals surface area (Å²) in [5.41, 5.74) is 6.34. The molecule has 20 heavy (non-hydrogen) atoms. The Bertz CT molecular complexity index is 653.